The average molecular weight is 503 g/mol. The molecule has 2 aromatic rings. The van der Waals surface area contributed by atoms with Gasteiger partial charge >= 0.3 is 0 Å². The molecule has 0 unspecified atom stereocenters. The molecule has 2 aliphatic rings. The lowest BCUT2D eigenvalue weighted by atomic mass is 9.78. The Morgan fingerprint density at radius 3 is 2.43 bits per heavy atom. The van der Waals surface area contributed by atoms with Crippen LogP contribution in [0.4, 0.5) is 15.8 Å². The number of fused-ring (bicyclic) bond motifs is 1. The van der Waals surface area contributed by atoms with Crippen molar-refractivity contribution in [3.63, 3.8) is 0 Å². The van der Waals surface area contributed by atoms with E-state index in [1.807, 2.05) is 20.8 Å². The number of amides is 1. The minimum atomic E-state index is -3.08. The number of carbonyl (C=O) groups is 2. The molecule has 35 heavy (non-hydrogen) atoms. The molecule has 0 aliphatic carbocycles. The second-order valence-electron chi connectivity index (χ2n) is 10.4. The summed E-state index contributed by atoms with van der Waals surface area (Å²) in [4.78, 5) is 32.4. The van der Waals surface area contributed by atoms with Crippen LogP contribution < -0.4 is 9.64 Å². The molecule has 9 heteroatoms. The van der Waals surface area contributed by atoms with E-state index >= 15 is 4.39 Å². The molecule has 0 saturated carbocycles. The van der Waals surface area contributed by atoms with E-state index in [4.69, 9.17) is 4.74 Å². The number of aromatic nitrogens is 1. The molecule has 3 heterocycles. The number of hydrogen-bond acceptors (Lipinski definition) is 6. The Morgan fingerprint density at radius 1 is 1.14 bits per heavy atom. The van der Waals surface area contributed by atoms with Crippen LogP contribution >= 0.6 is 0 Å². The lowest BCUT2D eigenvalue weighted by Crippen LogP contribution is -2.33. The van der Waals surface area contributed by atoms with Crippen LogP contribution in [0.2, 0.25) is 0 Å². The van der Waals surface area contributed by atoms with Crippen LogP contribution in [0.5, 0.6) is 5.88 Å². The minimum Gasteiger partial charge on any atom is -0.478 e. The molecule has 1 amide bonds. The number of ketones is 1. The summed E-state index contributed by atoms with van der Waals surface area (Å²) < 4.78 is 44.5. The monoisotopic (exact) mass is 502 g/mol. The first kappa shape index (κ1) is 25.3. The van der Waals surface area contributed by atoms with Gasteiger partial charge in [0.15, 0.2) is 5.78 Å². The van der Waals surface area contributed by atoms with Gasteiger partial charge in [0, 0.05) is 18.7 Å². The Morgan fingerprint density at radius 2 is 1.80 bits per heavy atom. The van der Waals surface area contributed by atoms with Gasteiger partial charge < -0.3 is 4.74 Å². The van der Waals surface area contributed by atoms with Gasteiger partial charge in [0.1, 0.15) is 15.7 Å². The molecule has 0 atom stereocenters. The maximum atomic E-state index is 15.4. The molecule has 1 fully saturated rings. The standard InChI is InChI=1S/C26H31FN2O5S/c1-6-34-23-13-20(16(2)15-28-23)29-21-12-19(27)17(11-18(21)25(3,4)24(29)31)22(30)14-26(5)7-9-35(32,33)10-8-26/h11-13,15H,6-10,14H2,1-5H3. The number of Topliss-reactive ketones (excluding diaryl/α,β-unsaturated/α-hetero) is 1. The van der Waals surface area contributed by atoms with Crippen LogP contribution in [-0.2, 0) is 20.0 Å². The summed E-state index contributed by atoms with van der Waals surface area (Å²) in [6.45, 7) is 9.46. The fourth-order valence-electron chi connectivity index (χ4n) is 4.86. The van der Waals surface area contributed by atoms with Crippen molar-refractivity contribution in [1.82, 2.24) is 4.98 Å². The number of halogens is 1. The van der Waals surface area contributed by atoms with Gasteiger partial charge in [-0.05, 0) is 69.2 Å². The fourth-order valence-corrected chi connectivity index (χ4v) is 6.67. The predicted octanol–water partition coefficient (Wildman–Crippen LogP) is 4.67. The molecule has 7 nitrogen and oxygen atoms in total. The van der Waals surface area contributed by atoms with Gasteiger partial charge in [0.25, 0.3) is 0 Å². The van der Waals surface area contributed by atoms with Gasteiger partial charge in [-0.1, -0.05) is 6.92 Å². The quantitative estimate of drug-likeness (QED) is 0.533. The third-order valence-corrected chi connectivity index (χ3v) is 8.89. The highest BCUT2D eigenvalue weighted by molar-refractivity contribution is 7.91. The van der Waals surface area contributed by atoms with E-state index in [-0.39, 0.29) is 35.2 Å². The Labute approximate surface area is 205 Å². The molecular formula is C26H31FN2O5S. The van der Waals surface area contributed by atoms with Gasteiger partial charge in [-0.15, -0.1) is 0 Å². The Balaban J connectivity index is 1.72. The van der Waals surface area contributed by atoms with Crippen LogP contribution in [-0.4, -0.2) is 43.2 Å². The number of benzene rings is 1. The van der Waals surface area contributed by atoms with Crippen molar-refractivity contribution in [2.75, 3.05) is 23.0 Å². The summed E-state index contributed by atoms with van der Waals surface area (Å²) in [5.74, 6) is -0.885. The molecule has 0 spiro atoms. The highest BCUT2D eigenvalue weighted by atomic mass is 32.2. The largest absolute Gasteiger partial charge is 0.478 e. The van der Waals surface area contributed by atoms with Crippen molar-refractivity contribution in [2.45, 2.75) is 59.3 Å². The van der Waals surface area contributed by atoms with Crippen LogP contribution in [0.1, 0.15) is 68.4 Å². The van der Waals surface area contributed by atoms with Crippen molar-refractivity contribution in [3.05, 3.63) is 46.9 Å². The van der Waals surface area contributed by atoms with Gasteiger partial charge in [-0.25, -0.2) is 17.8 Å². The summed E-state index contributed by atoms with van der Waals surface area (Å²) in [5.41, 5.74) is 0.680. The first-order valence-electron chi connectivity index (χ1n) is 11.8. The SMILES string of the molecule is CCOc1cc(N2C(=O)C(C)(C)c3cc(C(=O)CC4(C)CCS(=O)(=O)CC4)c(F)cc32)c(C)cn1. The molecule has 2 aliphatic heterocycles. The van der Waals surface area contributed by atoms with Crippen molar-refractivity contribution < 1.29 is 27.1 Å². The lowest BCUT2D eigenvalue weighted by Gasteiger charge is -2.32. The third-order valence-electron chi connectivity index (χ3n) is 7.24. The predicted molar refractivity (Wildman–Crippen MR) is 132 cm³/mol. The number of pyridine rings is 1. The van der Waals surface area contributed by atoms with Crippen LogP contribution in [0, 0.1) is 18.2 Å². The normalized spacial score (nSPS) is 19.9. The van der Waals surface area contributed by atoms with Gasteiger partial charge in [-0.2, -0.15) is 0 Å². The maximum Gasteiger partial charge on any atom is 0.241 e. The fraction of sp³-hybridized carbons (Fsp3) is 0.500. The zero-order chi connectivity index (χ0) is 25.8. The average Bonchev–Trinajstić information content (AvgIpc) is 2.96. The molecule has 188 valence electrons. The van der Waals surface area contributed by atoms with Crippen molar-refractivity contribution in [3.8, 4) is 5.88 Å². The van der Waals surface area contributed by atoms with Gasteiger partial charge in [-0.3, -0.25) is 14.5 Å². The number of nitrogens with zero attached hydrogens (tertiary/aromatic N) is 2. The molecule has 0 N–H and O–H groups in total. The smallest absolute Gasteiger partial charge is 0.241 e. The zero-order valence-corrected chi connectivity index (χ0v) is 21.6. The Hall–Kier alpha value is -2.81. The second kappa shape index (κ2) is 8.69. The highest BCUT2D eigenvalue weighted by Gasteiger charge is 2.46. The molecular weight excluding hydrogens is 471 g/mol. The summed E-state index contributed by atoms with van der Waals surface area (Å²) in [6.07, 6.45) is 2.40. The number of carbonyl (C=O) groups excluding carboxylic acids is 2. The van der Waals surface area contributed by atoms with E-state index in [0.29, 0.717) is 42.3 Å². The molecule has 4 rings (SSSR count). The van der Waals surface area contributed by atoms with Crippen LogP contribution in [0.25, 0.3) is 0 Å². The number of ether oxygens (including phenoxy) is 1. The summed E-state index contributed by atoms with van der Waals surface area (Å²) in [7, 11) is -3.08. The molecule has 0 bridgehead atoms. The molecule has 1 aromatic carbocycles. The number of rotatable bonds is 6. The van der Waals surface area contributed by atoms with Crippen molar-refractivity contribution in [1.29, 1.82) is 0 Å². The van der Waals surface area contributed by atoms with E-state index in [1.165, 1.54) is 17.0 Å². The summed E-state index contributed by atoms with van der Waals surface area (Å²) in [5, 5.41) is 0. The van der Waals surface area contributed by atoms with Crippen molar-refractivity contribution >= 4 is 32.9 Å². The van der Waals surface area contributed by atoms with Gasteiger partial charge in [0.2, 0.25) is 11.8 Å². The second-order valence-corrected chi connectivity index (χ2v) is 12.7. The summed E-state index contributed by atoms with van der Waals surface area (Å²) >= 11 is 0. The minimum absolute atomic E-state index is 0.0367. The topological polar surface area (TPSA) is 93.6 Å². The first-order valence-corrected chi connectivity index (χ1v) is 13.6. The molecule has 1 aromatic heterocycles. The maximum absolute atomic E-state index is 15.4. The van der Waals surface area contributed by atoms with E-state index in [0.717, 1.165) is 5.56 Å². The zero-order valence-electron chi connectivity index (χ0n) is 20.8. The molecule has 1 saturated heterocycles. The third kappa shape index (κ3) is 4.58. The number of hydrogen-bond donors (Lipinski definition) is 0. The number of sulfone groups is 1. The Kier molecular flexibility index (Phi) is 6.28. The van der Waals surface area contributed by atoms with E-state index in [9.17, 15) is 18.0 Å². The van der Waals surface area contributed by atoms with E-state index < -0.39 is 26.5 Å². The summed E-state index contributed by atoms with van der Waals surface area (Å²) in [6, 6.07) is 4.41. The highest BCUT2D eigenvalue weighted by Crippen LogP contribution is 2.48. The van der Waals surface area contributed by atoms with Crippen molar-refractivity contribution in [2.24, 2.45) is 5.41 Å². The molecule has 0 radical (unpaired) electrons. The van der Waals surface area contributed by atoms with Crippen LogP contribution in [0.3, 0.4) is 0 Å². The van der Waals surface area contributed by atoms with Gasteiger partial charge in [0.05, 0.1) is 40.5 Å². The van der Waals surface area contributed by atoms with Crippen LogP contribution in [0.15, 0.2) is 24.4 Å². The van der Waals surface area contributed by atoms with E-state index in [1.54, 1.807) is 26.1 Å². The number of aryl methyl sites for hydroxylation is 1. The first-order chi connectivity index (χ1) is 16.3. The lowest BCUT2D eigenvalue weighted by molar-refractivity contribution is -0.121. The Bertz CT molecular complexity index is 1310. The number of anilines is 2. The van der Waals surface area contributed by atoms with E-state index in [2.05, 4.69) is 4.98 Å².